The van der Waals surface area contributed by atoms with Crippen LogP contribution in [-0.2, 0) is 4.79 Å². The Hall–Kier alpha value is -2.62. The number of nitro groups is 1. The van der Waals surface area contributed by atoms with Gasteiger partial charge in [-0.1, -0.05) is 38.6 Å². The highest BCUT2D eigenvalue weighted by molar-refractivity contribution is 7.99. The van der Waals surface area contributed by atoms with Gasteiger partial charge >= 0.3 is 5.88 Å². The van der Waals surface area contributed by atoms with Gasteiger partial charge in [-0.25, -0.2) is 4.68 Å². The average molecular weight is 389 g/mol. The third kappa shape index (κ3) is 3.03. The Morgan fingerprint density at radius 3 is 2.93 bits per heavy atom. The molecule has 0 fully saturated rings. The lowest BCUT2D eigenvalue weighted by Crippen LogP contribution is -2.41. The summed E-state index contributed by atoms with van der Waals surface area (Å²) in [6.07, 6.45) is 2.41. The standard InChI is InChI=1S/C17H19N5O4S/c1-4-27-16-19-15-18-9-7-17(2,3)8-10(23)13(9)14(21(15)20-16)11-5-6-12(26-11)22(24)25/h5-7,13-14H,4,8H2,1-3H3,(H,18,19,20)/t13-,14-/m1/s1. The SMILES string of the molecule is CCSc1nc2n(n1)[C@H](c1ccc([N+](=O)[O-])o1)[C@H]1C(=O)CC(C)(C)C=C1N2. The number of allylic oxidation sites excluding steroid dienone is 2. The number of thioether (sulfide) groups is 1. The lowest BCUT2D eigenvalue weighted by atomic mass is 9.73. The fraction of sp³-hybridized carbons (Fsp3) is 0.471. The summed E-state index contributed by atoms with van der Waals surface area (Å²) in [5, 5.41) is 19.4. The molecule has 0 saturated carbocycles. The van der Waals surface area contributed by atoms with Crippen LogP contribution in [0.1, 0.15) is 39.0 Å². The second-order valence-corrected chi connectivity index (χ2v) is 8.54. The van der Waals surface area contributed by atoms with E-state index in [0.717, 1.165) is 11.4 Å². The maximum absolute atomic E-state index is 13.0. The maximum atomic E-state index is 13.0. The molecule has 0 bridgehead atoms. The predicted molar refractivity (Wildman–Crippen MR) is 98.5 cm³/mol. The molecule has 27 heavy (non-hydrogen) atoms. The van der Waals surface area contributed by atoms with Crippen molar-refractivity contribution in [1.29, 1.82) is 0 Å². The number of hydrogen-bond donors (Lipinski definition) is 1. The molecule has 2 aliphatic rings. The molecule has 1 N–H and O–H groups in total. The van der Waals surface area contributed by atoms with E-state index in [2.05, 4.69) is 15.4 Å². The summed E-state index contributed by atoms with van der Waals surface area (Å²) in [4.78, 5) is 27.9. The molecule has 1 aliphatic carbocycles. The van der Waals surface area contributed by atoms with Gasteiger partial charge in [0, 0.05) is 12.1 Å². The quantitative estimate of drug-likeness (QED) is 0.480. The van der Waals surface area contributed by atoms with Crippen LogP contribution in [-0.4, -0.2) is 31.2 Å². The minimum atomic E-state index is -0.608. The number of rotatable bonds is 4. The molecule has 3 heterocycles. The Balaban J connectivity index is 1.87. The van der Waals surface area contributed by atoms with E-state index in [1.807, 2.05) is 26.8 Å². The van der Waals surface area contributed by atoms with Crippen molar-refractivity contribution < 1.29 is 14.1 Å². The molecule has 0 aromatic carbocycles. The highest BCUT2D eigenvalue weighted by Crippen LogP contribution is 2.46. The van der Waals surface area contributed by atoms with Gasteiger partial charge in [-0.05, 0) is 17.2 Å². The van der Waals surface area contributed by atoms with Gasteiger partial charge in [0.1, 0.15) is 22.5 Å². The largest absolute Gasteiger partial charge is 0.433 e. The van der Waals surface area contributed by atoms with Crippen LogP contribution in [0, 0.1) is 21.4 Å². The van der Waals surface area contributed by atoms with Crippen molar-refractivity contribution in [3.05, 3.63) is 39.8 Å². The smallest absolute Gasteiger partial charge is 0.403 e. The zero-order valence-electron chi connectivity index (χ0n) is 15.1. The van der Waals surface area contributed by atoms with Crippen LogP contribution in [0.2, 0.25) is 0 Å². The van der Waals surface area contributed by atoms with E-state index in [9.17, 15) is 14.9 Å². The Labute approximate surface area is 159 Å². The number of nitrogens with zero attached hydrogens (tertiary/aromatic N) is 4. The fourth-order valence-corrected chi connectivity index (χ4v) is 4.24. The summed E-state index contributed by atoms with van der Waals surface area (Å²) >= 11 is 1.48. The molecule has 2 atom stereocenters. The summed E-state index contributed by atoms with van der Waals surface area (Å²) in [7, 11) is 0. The molecule has 1 aliphatic heterocycles. The third-order valence-corrected chi connectivity index (χ3v) is 5.38. The number of hydrogen-bond acceptors (Lipinski definition) is 8. The first-order valence-corrected chi connectivity index (χ1v) is 9.63. The average Bonchev–Trinajstić information content (AvgIpc) is 3.18. The number of carbonyl (C=O) groups excluding carboxylic acids is 1. The molecule has 0 unspecified atom stereocenters. The summed E-state index contributed by atoms with van der Waals surface area (Å²) in [6.45, 7) is 6.00. The number of ketones is 1. The van der Waals surface area contributed by atoms with Crippen LogP contribution in [0.3, 0.4) is 0 Å². The van der Waals surface area contributed by atoms with E-state index in [0.29, 0.717) is 23.3 Å². The van der Waals surface area contributed by atoms with Crippen LogP contribution < -0.4 is 5.32 Å². The second-order valence-electron chi connectivity index (χ2n) is 7.31. The molecule has 0 spiro atoms. The van der Waals surface area contributed by atoms with Gasteiger partial charge in [0.2, 0.25) is 11.1 Å². The molecule has 2 aromatic heterocycles. The molecule has 142 valence electrons. The van der Waals surface area contributed by atoms with Gasteiger partial charge in [0.25, 0.3) is 0 Å². The van der Waals surface area contributed by atoms with Gasteiger partial charge in [0.05, 0.1) is 12.0 Å². The lowest BCUT2D eigenvalue weighted by Gasteiger charge is -2.39. The van der Waals surface area contributed by atoms with E-state index < -0.39 is 16.9 Å². The van der Waals surface area contributed by atoms with Gasteiger partial charge in [-0.3, -0.25) is 14.9 Å². The van der Waals surface area contributed by atoms with Gasteiger partial charge < -0.3 is 9.73 Å². The molecule has 2 aromatic rings. The normalized spacial score (nSPS) is 23.2. The zero-order valence-corrected chi connectivity index (χ0v) is 15.9. The molecule has 0 saturated heterocycles. The van der Waals surface area contributed by atoms with E-state index >= 15 is 0 Å². The number of fused-ring (bicyclic) bond motifs is 2. The van der Waals surface area contributed by atoms with Crippen LogP contribution >= 0.6 is 11.8 Å². The van der Waals surface area contributed by atoms with Crippen molar-refractivity contribution in [3.8, 4) is 0 Å². The van der Waals surface area contributed by atoms with Crippen molar-refractivity contribution in [2.45, 2.75) is 38.4 Å². The van der Waals surface area contributed by atoms with Gasteiger partial charge in [0.15, 0.2) is 0 Å². The van der Waals surface area contributed by atoms with E-state index in [1.54, 1.807) is 4.68 Å². The number of aromatic nitrogens is 3. The maximum Gasteiger partial charge on any atom is 0.433 e. The minimum absolute atomic E-state index is 0.0416. The summed E-state index contributed by atoms with van der Waals surface area (Å²) in [6, 6.07) is 2.23. The first kappa shape index (κ1) is 17.8. The van der Waals surface area contributed by atoms with Crippen molar-refractivity contribution >= 4 is 29.4 Å². The molecule has 10 heteroatoms. The number of Topliss-reactive ketones (excluding diaryl/α,β-unsaturated/α-hetero) is 1. The van der Waals surface area contributed by atoms with Gasteiger partial charge in [-0.15, -0.1) is 5.10 Å². The number of furan rings is 1. The first-order valence-electron chi connectivity index (χ1n) is 8.65. The van der Waals surface area contributed by atoms with Crippen LogP contribution in [0.4, 0.5) is 11.8 Å². The Kier molecular flexibility index (Phi) is 4.10. The highest BCUT2D eigenvalue weighted by atomic mass is 32.2. The van der Waals surface area contributed by atoms with Crippen molar-refractivity contribution in [1.82, 2.24) is 14.8 Å². The Morgan fingerprint density at radius 1 is 1.48 bits per heavy atom. The van der Waals surface area contributed by atoms with Gasteiger partial charge in [-0.2, -0.15) is 4.98 Å². The van der Waals surface area contributed by atoms with Crippen molar-refractivity contribution in [2.75, 3.05) is 11.1 Å². The lowest BCUT2D eigenvalue weighted by molar-refractivity contribution is -0.402. The fourth-order valence-electron chi connectivity index (χ4n) is 3.68. The molecule has 0 radical (unpaired) electrons. The van der Waals surface area contributed by atoms with Crippen molar-refractivity contribution in [2.24, 2.45) is 11.3 Å². The number of anilines is 1. The number of nitrogens with one attached hydrogen (secondary N) is 1. The Bertz CT molecular complexity index is 960. The van der Waals surface area contributed by atoms with E-state index in [1.165, 1.54) is 23.9 Å². The summed E-state index contributed by atoms with van der Waals surface area (Å²) in [5.74, 6) is 0.771. The third-order valence-electron chi connectivity index (χ3n) is 4.66. The zero-order chi connectivity index (χ0) is 19.3. The van der Waals surface area contributed by atoms with E-state index in [4.69, 9.17) is 4.42 Å². The number of carbonyl (C=O) groups is 1. The molecule has 9 nitrogen and oxygen atoms in total. The minimum Gasteiger partial charge on any atom is -0.403 e. The predicted octanol–water partition coefficient (Wildman–Crippen LogP) is 3.41. The van der Waals surface area contributed by atoms with E-state index in [-0.39, 0.29) is 17.1 Å². The molecule has 4 rings (SSSR count). The molecular formula is C17H19N5O4S. The topological polar surface area (TPSA) is 116 Å². The first-order chi connectivity index (χ1) is 12.8. The summed E-state index contributed by atoms with van der Waals surface area (Å²) in [5.41, 5.74) is 0.465. The second kappa shape index (κ2) is 6.22. The van der Waals surface area contributed by atoms with Crippen LogP contribution in [0.25, 0.3) is 0 Å². The summed E-state index contributed by atoms with van der Waals surface area (Å²) < 4.78 is 7.07. The van der Waals surface area contributed by atoms with Crippen LogP contribution in [0.5, 0.6) is 0 Å². The monoisotopic (exact) mass is 389 g/mol. The highest BCUT2D eigenvalue weighted by Gasteiger charge is 2.46. The van der Waals surface area contributed by atoms with Crippen LogP contribution in [0.15, 0.2) is 33.5 Å². The molecule has 0 amide bonds. The molecular weight excluding hydrogens is 370 g/mol. The van der Waals surface area contributed by atoms with Crippen molar-refractivity contribution in [3.63, 3.8) is 0 Å². The Morgan fingerprint density at radius 2 is 2.26 bits per heavy atom.